The largest absolute Gasteiger partial charge is 0.460 e. The average molecular weight is 394 g/mol. The summed E-state index contributed by atoms with van der Waals surface area (Å²) in [6.07, 6.45) is 8.99. The molecule has 0 aromatic heterocycles. The highest BCUT2D eigenvalue weighted by atomic mass is 28.4. The van der Waals surface area contributed by atoms with E-state index in [0.29, 0.717) is 11.7 Å². The van der Waals surface area contributed by atoms with E-state index in [1.165, 1.54) is 37.7 Å². The molecular formula is C22H43BO3Si. The molecule has 1 saturated carbocycles. The Hall–Kier alpha value is -0.0982. The second-order valence-corrected chi connectivity index (χ2v) is 15.4. The first-order valence-corrected chi connectivity index (χ1v) is 14.0. The molecule has 27 heavy (non-hydrogen) atoms. The summed E-state index contributed by atoms with van der Waals surface area (Å²) in [4.78, 5) is 0. The summed E-state index contributed by atoms with van der Waals surface area (Å²) in [5.41, 5.74) is 1.31. The Morgan fingerprint density at radius 3 is 2.22 bits per heavy atom. The standard InChI is InChI=1S/C22H43BO3Si/c1-16(2)15-20-17(3)21(18(4)26-27(8,9)22(5,6)7)25-23(24-20)19-13-11-10-12-14-19/h15,17-21H,10-14H2,1-9H3/t17-,18+,20+,21+/m1/s1. The Bertz CT molecular complexity index is 504. The van der Waals surface area contributed by atoms with Gasteiger partial charge in [0, 0.05) is 5.92 Å². The van der Waals surface area contributed by atoms with Crippen LogP contribution in [0.3, 0.4) is 0 Å². The third kappa shape index (κ3) is 5.94. The fraction of sp³-hybridized carbons (Fsp3) is 0.909. The molecule has 0 aromatic carbocycles. The Labute approximate surface area is 169 Å². The topological polar surface area (TPSA) is 27.7 Å². The molecule has 0 spiro atoms. The molecule has 2 rings (SSSR count). The van der Waals surface area contributed by atoms with Crippen LogP contribution < -0.4 is 0 Å². The Morgan fingerprint density at radius 1 is 1.11 bits per heavy atom. The average Bonchev–Trinajstić information content (AvgIpc) is 2.55. The van der Waals surface area contributed by atoms with Crippen molar-refractivity contribution in [3.8, 4) is 0 Å². The Balaban J connectivity index is 2.19. The molecule has 4 atom stereocenters. The molecular weight excluding hydrogens is 351 g/mol. The van der Waals surface area contributed by atoms with Gasteiger partial charge in [-0.2, -0.15) is 0 Å². The fourth-order valence-electron chi connectivity index (χ4n) is 4.17. The van der Waals surface area contributed by atoms with E-state index < -0.39 is 8.32 Å². The van der Waals surface area contributed by atoms with Crippen LogP contribution in [0.25, 0.3) is 0 Å². The van der Waals surface area contributed by atoms with E-state index in [4.69, 9.17) is 13.7 Å². The highest BCUT2D eigenvalue weighted by Crippen LogP contribution is 2.41. The van der Waals surface area contributed by atoms with E-state index in [1.54, 1.807) is 0 Å². The summed E-state index contributed by atoms with van der Waals surface area (Å²) in [7, 11) is -1.92. The third-order valence-corrected chi connectivity index (χ3v) is 11.5. The van der Waals surface area contributed by atoms with Gasteiger partial charge in [0.15, 0.2) is 8.32 Å². The predicted molar refractivity (Wildman–Crippen MR) is 119 cm³/mol. The molecule has 1 saturated heterocycles. The first-order valence-electron chi connectivity index (χ1n) is 11.1. The van der Waals surface area contributed by atoms with Crippen molar-refractivity contribution < 1.29 is 13.7 Å². The molecule has 0 radical (unpaired) electrons. The molecule has 0 N–H and O–H groups in total. The maximum Gasteiger partial charge on any atom is 0.460 e. The van der Waals surface area contributed by atoms with E-state index in [9.17, 15) is 0 Å². The van der Waals surface area contributed by atoms with Crippen molar-refractivity contribution in [3.63, 3.8) is 0 Å². The molecule has 156 valence electrons. The van der Waals surface area contributed by atoms with Crippen molar-refractivity contribution >= 4 is 15.4 Å². The van der Waals surface area contributed by atoms with Gasteiger partial charge in [-0.05, 0) is 44.7 Å². The van der Waals surface area contributed by atoms with Gasteiger partial charge in [-0.15, -0.1) is 0 Å². The van der Waals surface area contributed by atoms with Gasteiger partial charge in [0.2, 0.25) is 0 Å². The highest BCUT2D eigenvalue weighted by molar-refractivity contribution is 6.74. The van der Waals surface area contributed by atoms with Crippen LogP contribution in [0.4, 0.5) is 0 Å². The summed E-state index contributed by atoms with van der Waals surface area (Å²) < 4.78 is 19.8. The van der Waals surface area contributed by atoms with Crippen LogP contribution in [0.2, 0.25) is 23.9 Å². The highest BCUT2D eigenvalue weighted by Gasteiger charge is 2.47. The molecule has 2 aliphatic rings. The lowest BCUT2D eigenvalue weighted by molar-refractivity contribution is -0.0671. The zero-order valence-electron chi connectivity index (χ0n) is 19.3. The molecule has 5 heteroatoms. The van der Waals surface area contributed by atoms with Gasteiger partial charge in [-0.25, -0.2) is 0 Å². The molecule has 1 heterocycles. The summed E-state index contributed by atoms with van der Waals surface area (Å²) in [6, 6.07) is 0. The molecule has 0 unspecified atom stereocenters. The SMILES string of the molecule is CC(C)=C[C@@H]1OB(C2CCCCC2)O[C@H]([C@H](C)O[Si](C)(C)C(C)(C)C)[C@@H]1C. The third-order valence-electron chi connectivity index (χ3n) is 6.90. The van der Waals surface area contributed by atoms with Crippen LogP contribution in [0, 0.1) is 5.92 Å². The van der Waals surface area contributed by atoms with E-state index >= 15 is 0 Å². The quantitative estimate of drug-likeness (QED) is 0.388. The smallest absolute Gasteiger partial charge is 0.412 e. The molecule has 0 bridgehead atoms. The van der Waals surface area contributed by atoms with Crippen LogP contribution >= 0.6 is 0 Å². The summed E-state index contributed by atoms with van der Waals surface area (Å²) in [5.74, 6) is 0.821. The monoisotopic (exact) mass is 394 g/mol. The van der Waals surface area contributed by atoms with Crippen molar-refractivity contribution in [2.24, 2.45) is 5.92 Å². The van der Waals surface area contributed by atoms with Crippen LogP contribution in [0.15, 0.2) is 11.6 Å². The molecule has 1 aliphatic heterocycles. The lowest BCUT2D eigenvalue weighted by atomic mass is 9.62. The van der Waals surface area contributed by atoms with E-state index in [2.05, 4.69) is 67.6 Å². The number of allylic oxidation sites excluding steroid dienone is 1. The van der Waals surface area contributed by atoms with Gasteiger partial charge in [-0.1, -0.05) is 71.4 Å². The van der Waals surface area contributed by atoms with Gasteiger partial charge in [0.25, 0.3) is 0 Å². The zero-order chi connectivity index (χ0) is 20.4. The second-order valence-electron chi connectivity index (χ2n) is 10.7. The Kier molecular flexibility index (Phi) is 7.85. The number of hydrogen-bond acceptors (Lipinski definition) is 3. The molecule has 0 amide bonds. The predicted octanol–water partition coefficient (Wildman–Crippen LogP) is 6.61. The summed E-state index contributed by atoms with van der Waals surface area (Å²) >= 11 is 0. The molecule has 1 aliphatic carbocycles. The van der Waals surface area contributed by atoms with Crippen molar-refractivity contribution in [1.82, 2.24) is 0 Å². The van der Waals surface area contributed by atoms with Crippen molar-refractivity contribution in [3.05, 3.63) is 11.6 Å². The lowest BCUT2D eigenvalue weighted by Gasteiger charge is -2.46. The summed E-state index contributed by atoms with van der Waals surface area (Å²) in [6.45, 7) is 20.4. The second kappa shape index (κ2) is 9.15. The number of hydrogen-bond donors (Lipinski definition) is 0. The minimum absolute atomic E-state index is 0.0837. The lowest BCUT2D eigenvalue weighted by Crippen LogP contribution is -2.55. The van der Waals surface area contributed by atoms with E-state index in [1.807, 2.05) is 0 Å². The van der Waals surface area contributed by atoms with Crippen LogP contribution in [-0.2, 0) is 13.7 Å². The van der Waals surface area contributed by atoms with Gasteiger partial charge in [-0.3, -0.25) is 0 Å². The van der Waals surface area contributed by atoms with Gasteiger partial charge < -0.3 is 13.7 Å². The molecule has 2 fully saturated rings. The minimum atomic E-state index is -1.83. The van der Waals surface area contributed by atoms with E-state index in [-0.39, 0.29) is 30.5 Å². The van der Waals surface area contributed by atoms with Crippen molar-refractivity contribution in [2.75, 3.05) is 0 Å². The fourth-order valence-corrected chi connectivity index (χ4v) is 5.59. The van der Waals surface area contributed by atoms with Gasteiger partial charge >= 0.3 is 7.12 Å². The first kappa shape index (κ1) is 23.2. The van der Waals surface area contributed by atoms with Gasteiger partial charge in [0.1, 0.15) is 0 Å². The van der Waals surface area contributed by atoms with Crippen molar-refractivity contribution in [2.45, 2.75) is 123 Å². The molecule has 3 nitrogen and oxygen atoms in total. The van der Waals surface area contributed by atoms with Crippen LogP contribution in [0.5, 0.6) is 0 Å². The number of rotatable bonds is 5. The Morgan fingerprint density at radius 2 is 1.70 bits per heavy atom. The normalized spacial score (nSPS) is 29.5. The van der Waals surface area contributed by atoms with Gasteiger partial charge in [0.05, 0.1) is 18.3 Å². The maximum atomic E-state index is 6.74. The van der Waals surface area contributed by atoms with Crippen LogP contribution in [0.1, 0.15) is 80.6 Å². The van der Waals surface area contributed by atoms with Crippen LogP contribution in [-0.4, -0.2) is 33.7 Å². The minimum Gasteiger partial charge on any atom is -0.412 e. The molecule has 0 aromatic rings. The summed E-state index contributed by atoms with van der Waals surface area (Å²) in [5, 5.41) is 0.206. The van der Waals surface area contributed by atoms with Crippen molar-refractivity contribution in [1.29, 1.82) is 0 Å². The maximum absolute atomic E-state index is 6.74. The zero-order valence-corrected chi connectivity index (χ0v) is 20.3. The van der Waals surface area contributed by atoms with E-state index in [0.717, 1.165) is 0 Å². The first-order chi connectivity index (χ1) is 12.4.